The monoisotopic (exact) mass is 372 g/mol. The summed E-state index contributed by atoms with van der Waals surface area (Å²) in [5, 5.41) is 12.1. The maximum Gasteiger partial charge on any atom is 0.231 e. The lowest BCUT2D eigenvalue weighted by atomic mass is 9.94. The van der Waals surface area contributed by atoms with E-state index >= 15 is 0 Å². The van der Waals surface area contributed by atoms with E-state index in [0.29, 0.717) is 30.4 Å². The number of terminal acetylenes is 1. The molecular formula is C19H24N4O2S. The van der Waals surface area contributed by atoms with Crippen molar-refractivity contribution in [3.8, 4) is 23.7 Å². The molecule has 0 bridgehead atoms. The first-order valence-corrected chi connectivity index (χ1v) is 9.49. The number of hydrogen-bond donors (Lipinski definition) is 1. The highest BCUT2D eigenvalue weighted by molar-refractivity contribution is 7.99. The van der Waals surface area contributed by atoms with Crippen molar-refractivity contribution < 1.29 is 9.21 Å². The first kappa shape index (κ1) is 19.9. The van der Waals surface area contributed by atoms with Crippen molar-refractivity contribution in [2.45, 2.75) is 50.9 Å². The molecule has 0 atom stereocenters. The number of amides is 1. The van der Waals surface area contributed by atoms with E-state index in [4.69, 9.17) is 10.8 Å². The van der Waals surface area contributed by atoms with Crippen molar-refractivity contribution in [2.75, 3.05) is 5.75 Å². The highest BCUT2D eigenvalue weighted by Gasteiger charge is 2.25. The summed E-state index contributed by atoms with van der Waals surface area (Å²) < 4.78 is 7.27. The van der Waals surface area contributed by atoms with Crippen molar-refractivity contribution >= 4 is 17.7 Å². The topological polar surface area (TPSA) is 73.0 Å². The van der Waals surface area contributed by atoms with Gasteiger partial charge in [0.1, 0.15) is 11.3 Å². The first-order chi connectivity index (χ1) is 12.5. The minimum Gasteiger partial charge on any atom is -0.469 e. The second-order valence-corrected chi connectivity index (χ2v) is 6.81. The van der Waals surface area contributed by atoms with Crippen LogP contribution in [0.15, 0.2) is 34.6 Å². The molecule has 2 heterocycles. The molecule has 26 heavy (non-hydrogen) atoms. The predicted molar refractivity (Wildman–Crippen MR) is 104 cm³/mol. The maximum absolute atomic E-state index is 12.3. The first-order valence-electron chi connectivity index (χ1n) is 8.50. The summed E-state index contributed by atoms with van der Waals surface area (Å²) in [5.74, 6) is 4.26. The molecule has 7 heteroatoms. The lowest BCUT2D eigenvalue weighted by Gasteiger charge is -2.26. The van der Waals surface area contributed by atoms with Gasteiger partial charge in [-0.2, -0.15) is 0 Å². The number of thioether (sulfide) groups is 1. The number of aromatic nitrogens is 3. The number of aryl methyl sites for hydroxylation is 1. The van der Waals surface area contributed by atoms with Crippen molar-refractivity contribution in [3.63, 3.8) is 0 Å². The van der Waals surface area contributed by atoms with Crippen molar-refractivity contribution in [1.82, 2.24) is 20.1 Å². The fourth-order valence-electron chi connectivity index (χ4n) is 2.61. The zero-order chi connectivity index (χ0) is 19.2. The molecule has 0 saturated heterocycles. The molecule has 0 aromatic carbocycles. The molecule has 2 aromatic rings. The van der Waals surface area contributed by atoms with Crippen molar-refractivity contribution in [3.05, 3.63) is 30.7 Å². The summed E-state index contributed by atoms with van der Waals surface area (Å²) in [6.07, 6.45) is 10.4. The van der Waals surface area contributed by atoms with Gasteiger partial charge in [-0.15, -0.1) is 23.2 Å². The summed E-state index contributed by atoms with van der Waals surface area (Å²) in [4.78, 5) is 12.3. The minimum atomic E-state index is -0.592. The Kier molecular flexibility index (Phi) is 6.70. The van der Waals surface area contributed by atoms with Gasteiger partial charge in [0.15, 0.2) is 11.0 Å². The molecule has 0 radical (unpaired) electrons. The van der Waals surface area contributed by atoms with Crippen LogP contribution in [0.1, 0.15) is 32.4 Å². The Morgan fingerprint density at radius 2 is 2.23 bits per heavy atom. The van der Waals surface area contributed by atoms with E-state index in [9.17, 15) is 4.79 Å². The summed E-state index contributed by atoms with van der Waals surface area (Å²) in [6, 6.07) is 1.85. The fourth-order valence-corrected chi connectivity index (χ4v) is 3.35. The van der Waals surface area contributed by atoms with Gasteiger partial charge in [0.2, 0.25) is 5.91 Å². The van der Waals surface area contributed by atoms with E-state index in [0.717, 1.165) is 11.3 Å². The SMILES string of the molecule is C#CC(CC)(CC)NC(=O)CSc1nnc(-c2ccoc2C)n1CC=C. The predicted octanol–water partition coefficient (Wildman–Crippen LogP) is 3.43. The van der Waals surface area contributed by atoms with Gasteiger partial charge in [-0.05, 0) is 25.8 Å². The number of furan rings is 1. The zero-order valence-electron chi connectivity index (χ0n) is 15.4. The highest BCUT2D eigenvalue weighted by atomic mass is 32.2. The molecule has 6 nitrogen and oxygen atoms in total. The van der Waals surface area contributed by atoms with Gasteiger partial charge < -0.3 is 9.73 Å². The molecule has 1 amide bonds. The Labute approximate surface area is 158 Å². The molecule has 1 N–H and O–H groups in total. The summed E-state index contributed by atoms with van der Waals surface area (Å²) >= 11 is 1.32. The Morgan fingerprint density at radius 1 is 1.50 bits per heavy atom. The number of carbonyl (C=O) groups excluding carboxylic acids is 1. The maximum atomic E-state index is 12.3. The van der Waals surface area contributed by atoms with Crippen LogP contribution in [0.3, 0.4) is 0 Å². The number of nitrogens with zero attached hydrogens (tertiary/aromatic N) is 3. The number of allylic oxidation sites excluding steroid dienone is 1. The summed E-state index contributed by atoms with van der Waals surface area (Å²) in [7, 11) is 0. The Hall–Kier alpha value is -2.46. The molecule has 0 fully saturated rings. The van der Waals surface area contributed by atoms with E-state index in [1.54, 1.807) is 12.3 Å². The Balaban J connectivity index is 2.14. The Morgan fingerprint density at radius 3 is 2.77 bits per heavy atom. The summed E-state index contributed by atoms with van der Waals surface area (Å²) in [5.41, 5.74) is 0.282. The van der Waals surface area contributed by atoms with Crippen molar-refractivity contribution in [1.29, 1.82) is 0 Å². The van der Waals surface area contributed by atoms with Crippen LogP contribution in [-0.2, 0) is 11.3 Å². The molecule has 0 aliphatic heterocycles. The third kappa shape index (κ3) is 4.20. The molecule has 2 aromatic heterocycles. The van der Waals surface area contributed by atoms with Gasteiger partial charge in [-0.25, -0.2) is 0 Å². The van der Waals surface area contributed by atoms with Gasteiger partial charge in [0.25, 0.3) is 0 Å². The van der Waals surface area contributed by atoms with E-state index < -0.39 is 5.54 Å². The van der Waals surface area contributed by atoms with Crippen LogP contribution in [0.4, 0.5) is 0 Å². The number of nitrogens with one attached hydrogen (secondary N) is 1. The number of rotatable bonds is 9. The lowest BCUT2D eigenvalue weighted by molar-refractivity contribution is -0.119. The molecule has 0 aliphatic carbocycles. The van der Waals surface area contributed by atoms with Gasteiger partial charge in [-0.1, -0.05) is 37.6 Å². The molecule has 2 rings (SSSR count). The number of hydrogen-bond acceptors (Lipinski definition) is 5. The molecule has 0 aliphatic rings. The van der Waals surface area contributed by atoms with Crippen molar-refractivity contribution in [2.24, 2.45) is 0 Å². The average molecular weight is 372 g/mol. The quantitative estimate of drug-likeness (QED) is 0.415. The highest BCUT2D eigenvalue weighted by Crippen LogP contribution is 2.27. The van der Waals surface area contributed by atoms with Gasteiger partial charge in [0.05, 0.1) is 17.6 Å². The van der Waals surface area contributed by atoms with E-state index in [1.807, 2.05) is 31.4 Å². The smallest absolute Gasteiger partial charge is 0.231 e. The van der Waals surface area contributed by atoms with Gasteiger partial charge in [-0.3, -0.25) is 9.36 Å². The van der Waals surface area contributed by atoms with Crippen LogP contribution < -0.4 is 5.32 Å². The molecule has 138 valence electrons. The zero-order valence-corrected chi connectivity index (χ0v) is 16.2. The minimum absolute atomic E-state index is 0.120. The molecule has 0 saturated carbocycles. The molecular weight excluding hydrogens is 348 g/mol. The lowest BCUT2D eigenvalue weighted by Crippen LogP contribution is -2.47. The average Bonchev–Trinajstić information content (AvgIpc) is 3.24. The summed E-state index contributed by atoms with van der Waals surface area (Å²) in [6.45, 7) is 10.1. The van der Waals surface area contributed by atoms with Gasteiger partial charge in [0, 0.05) is 6.54 Å². The van der Waals surface area contributed by atoms with Gasteiger partial charge >= 0.3 is 0 Å². The van der Waals surface area contributed by atoms with Crippen LogP contribution in [0.5, 0.6) is 0 Å². The largest absolute Gasteiger partial charge is 0.469 e. The fraction of sp³-hybridized carbons (Fsp3) is 0.421. The van der Waals surface area contributed by atoms with Crippen LogP contribution in [0, 0.1) is 19.3 Å². The Bertz CT molecular complexity index is 812. The number of carbonyl (C=O) groups is 1. The third-order valence-corrected chi connectivity index (χ3v) is 5.29. The molecule has 0 spiro atoms. The second-order valence-electron chi connectivity index (χ2n) is 5.87. The normalized spacial score (nSPS) is 11.2. The second kappa shape index (κ2) is 8.77. The van der Waals surface area contributed by atoms with Crippen LogP contribution in [0.2, 0.25) is 0 Å². The van der Waals surface area contributed by atoms with Crippen LogP contribution in [-0.4, -0.2) is 32.0 Å². The third-order valence-electron chi connectivity index (χ3n) is 4.32. The van der Waals surface area contributed by atoms with Crippen LogP contribution in [0.25, 0.3) is 11.4 Å². The van der Waals surface area contributed by atoms with Crippen LogP contribution >= 0.6 is 11.8 Å². The van der Waals surface area contributed by atoms with E-state index in [2.05, 4.69) is 28.0 Å². The van der Waals surface area contributed by atoms with E-state index in [1.165, 1.54) is 11.8 Å². The van der Waals surface area contributed by atoms with E-state index in [-0.39, 0.29) is 11.7 Å². The molecule has 0 unspecified atom stereocenters. The standard InChI is InChI=1S/C19H24N4O2S/c1-6-11-23-17(15-10-12-25-14(15)5)21-22-18(23)26-13-16(24)20-19(7-2,8-3)9-4/h2,6,10,12H,1,8-9,11,13H2,3-5H3,(H,20,24).